The minimum atomic E-state index is -0.0266. The van der Waals surface area contributed by atoms with Crippen molar-refractivity contribution in [3.05, 3.63) is 18.2 Å². The Hall–Kier alpha value is -1.32. The zero-order chi connectivity index (χ0) is 11.4. The lowest BCUT2D eigenvalue weighted by atomic mass is 9.96. The molecule has 88 valence electrons. The van der Waals surface area contributed by atoms with Gasteiger partial charge < -0.3 is 5.32 Å². The highest BCUT2D eigenvalue weighted by Crippen LogP contribution is 2.17. The number of nitrogens with one attached hydrogen (secondary N) is 1. The standard InChI is InChI=1S/C12H19N3O/c1-2-11-13-8-9-15(11)12(16)14-10-6-4-3-5-7-10/h8-10H,2-7H2,1H3,(H,14,16). The molecule has 1 aliphatic rings. The molecule has 1 aromatic rings. The van der Waals surface area contributed by atoms with Gasteiger partial charge in [0.05, 0.1) is 0 Å². The molecule has 1 aromatic heterocycles. The topological polar surface area (TPSA) is 46.9 Å². The van der Waals surface area contributed by atoms with E-state index in [0.717, 1.165) is 25.1 Å². The summed E-state index contributed by atoms with van der Waals surface area (Å²) < 4.78 is 1.62. The molecular formula is C12H19N3O. The molecule has 0 atom stereocenters. The van der Waals surface area contributed by atoms with Gasteiger partial charge in [-0.15, -0.1) is 0 Å². The number of hydrogen-bond acceptors (Lipinski definition) is 2. The minimum Gasteiger partial charge on any atom is -0.335 e. The SMILES string of the molecule is CCc1nccn1C(=O)NC1CCCCC1. The van der Waals surface area contributed by atoms with Crippen LogP contribution in [0.25, 0.3) is 0 Å². The summed E-state index contributed by atoms with van der Waals surface area (Å²) in [6.45, 7) is 2.01. The van der Waals surface area contributed by atoms with Crippen molar-refractivity contribution in [1.82, 2.24) is 14.9 Å². The number of nitrogens with zero attached hydrogens (tertiary/aromatic N) is 2. The van der Waals surface area contributed by atoms with Crippen LogP contribution in [-0.2, 0) is 6.42 Å². The number of aromatic nitrogens is 2. The van der Waals surface area contributed by atoms with Crippen molar-refractivity contribution in [1.29, 1.82) is 0 Å². The molecule has 0 aromatic carbocycles. The van der Waals surface area contributed by atoms with Gasteiger partial charge in [-0.25, -0.2) is 9.78 Å². The average molecular weight is 221 g/mol. The fourth-order valence-corrected chi connectivity index (χ4v) is 2.27. The highest BCUT2D eigenvalue weighted by Gasteiger charge is 2.17. The Morgan fingerprint density at radius 1 is 1.50 bits per heavy atom. The molecule has 1 amide bonds. The number of hydrogen-bond donors (Lipinski definition) is 1. The van der Waals surface area contributed by atoms with E-state index in [1.807, 2.05) is 6.92 Å². The van der Waals surface area contributed by atoms with Gasteiger partial charge in [-0.05, 0) is 12.8 Å². The van der Waals surface area contributed by atoms with Crippen LogP contribution in [0.5, 0.6) is 0 Å². The van der Waals surface area contributed by atoms with Crippen molar-refractivity contribution < 1.29 is 4.79 Å². The van der Waals surface area contributed by atoms with Crippen LogP contribution >= 0.6 is 0 Å². The van der Waals surface area contributed by atoms with Crippen LogP contribution in [0.3, 0.4) is 0 Å². The fourth-order valence-electron chi connectivity index (χ4n) is 2.27. The maximum atomic E-state index is 12.0. The van der Waals surface area contributed by atoms with Crippen molar-refractivity contribution in [2.45, 2.75) is 51.5 Å². The first-order valence-electron chi connectivity index (χ1n) is 6.14. The highest BCUT2D eigenvalue weighted by atomic mass is 16.2. The van der Waals surface area contributed by atoms with Crippen molar-refractivity contribution in [2.24, 2.45) is 0 Å². The summed E-state index contributed by atoms with van der Waals surface area (Å²) >= 11 is 0. The zero-order valence-electron chi connectivity index (χ0n) is 9.78. The van der Waals surface area contributed by atoms with Crippen LogP contribution in [0.15, 0.2) is 12.4 Å². The van der Waals surface area contributed by atoms with E-state index in [-0.39, 0.29) is 6.03 Å². The summed E-state index contributed by atoms with van der Waals surface area (Å²) in [7, 11) is 0. The largest absolute Gasteiger partial charge is 0.335 e. The second kappa shape index (κ2) is 5.14. The summed E-state index contributed by atoms with van der Waals surface area (Å²) in [5.74, 6) is 0.827. The third-order valence-electron chi connectivity index (χ3n) is 3.19. The van der Waals surface area contributed by atoms with E-state index in [1.54, 1.807) is 17.0 Å². The molecule has 1 aliphatic carbocycles. The minimum absolute atomic E-state index is 0.0266. The molecular weight excluding hydrogens is 202 g/mol. The second-order valence-electron chi connectivity index (χ2n) is 4.35. The van der Waals surface area contributed by atoms with Gasteiger partial charge in [-0.3, -0.25) is 4.57 Å². The van der Waals surface area contributed by atoms with Crippen LogP contribution in [0.1, 0.15) is 44.9 Å². The van der Waals surface area contributed by atoms with Crippen LogP contribution in [-0.4, -0.2) is 21.6 Å². The molecule has 1 N–H and O–H groups in total. The summed E-state index contributed by atoms with van der Waals surface area (Å²) in [5.41, 5.74) is 0. The summed E-state index contributed by atoms with van der Waals surface area (Å²) in [6, 6.07) is 0.328. The molecule has 0 aliphatic heterocycles. The van der Waals surface area contributed by atoms with Crippen LogP contribution < -0.4 is 5.32 Å². The number of aryl methyl sites for hydroxylation is 1. The second-order valence-corrected chi connectivity index (χ2v) is 4.35. The van der Waals surface area contributed by atoms with Gasteiger partial charge in [0.25, 0.3) is 0 Å². The molecule has 1 saturated carbocycles. The summed E-state index contributed by atoms with van der Waals surface area (Å²) in [6.07, 6.45) is 10.2. The third kappa shape index (κ3) is 2.43. The fraction of sp³-hybridized carbons (Fsp3) is 0.667. The van der Waals surface area contributed by atoms with Crippen LogP contribution in [0.2, 0.25) is 0 Å². The number of amides is 1. The molecule has 4 heteroatoms. The van der Waals surface area contributed by atoms with Crippen LogP contribution in [0, 0.1) is 0 Å². The van der Waals surface area contributed by atoms with E-state index < -0.39 is 0 Å². The average Bonchev–Trinajstić information content (AvgIpc) is 2.78. The Morgan fingerprint density at radius 3 is 2.94 bits per heavy atom. The van der Waals surface area contributed by atoms with E-state index in [4.69, 9.17) is 0 Å². The van der Waals surface area contributed by atoms with Crippen LogP contribution in [0.4, 0.5) is 4.79 Å². The lowest BCUT2D eigenvalue weighted by Gasteiger charge is -2.23. The quantitative estimate of drug-likeness (QED) is 0.833. The van der Waals surface area contributed by atoms with Gasteiger partial charge in [0.1, 0.15) is 5.82 Å². The Labute approximate surface area is 96.1 Å². The molecule has 0 unspecified atom stereocenters. The number of imidazole rings is 1. The first-order valence-corrected chi connectivity index (χ1v) is 6.14. The van der Waals surface area contributed by atoms with Gasteiger partial charge in [-0.1, -0.05) is 26.2 Å². The Kier molecular flexibility index (Phi) is 3.59. The predicted octanol–water partition coefficient (Wildman–Crippen LogP) is 2.34. The maximum Gasteiger partial charge on any atom is 0.327 e. The van der Waals surface area contributed by atoms with Gasteiger partial charge in [0, 0.05) is 24.9 Å². The zero-order valence-corrected chi connectivity index (χ0v) is 9.78. The highest BCUT2D eigenvalue weighted by molar-refractivity contribution is 5.77. The van der Waals surface area contributed by atoms with Crippen molar-refractivity contribution in [3.63, 3.8) is 0 Å². The Balaban J connectivity index is 1.96. The van der Waals surface area contributed by atoms with E-state index in [9.17, 15) is 4.79 Å². The molecule has 2 rings (SSSR count). The van der Waals surface area contributed by atoms with E-state index in [0.29, 0.717) is 6.04 Å². The molecule has 0 bridgehead atoms. The van der Waals surface area contributed by atoms with Gasteiger partial charge >= 0.3 is 6.03 Å². The number of rotatable bonds is 2. The van der Waals surface area contributed by atoms with Crippen molar-refractivity contribution >= 4 is 6.03 Å². The molecule has 0 radical (unpaired) electrons. The number of carbonyl (C=O) groups is 1. The maximum absolute atomic E-state index is 12.0. The Morgan fingerprint density at radius 2 is 2.25 bits per heavy atom. The monoisotopic (exact) mass is 221 g/mol. The summed E-state index contributed by atoms with van der Waals surface area (Å²) in [4.78, 5) is 16.1. The molecule has 1 fully saturated rings. The normalized spacial score (nSPS) is 17.3. The predicted molar refractivity (Wildman–Crippen MR) is 62.4 cm³/mol. The first kappa shape index (κ1) is 11.2. The number of carbonyl (C=O) groups excluding carboxylic acids is 1. The van der Waals surface area contributed by atoms with Gasteiger partial charge in [-0.2, -0.15) is 0 Å². The Bertz CT molecular complexity index is 353. The van der Waals surface area contributed by atoms with Gasteiger partial charge in [0.2, 0.25) is 0 Å². The molecule has 0 saturated heterocycles. The van der Waals surface area contributed by atoms with Crippen molar-refractivity contribution in [2.75, 3.05) is 0 Å². The van der Waals surface area contributed by atoms with E-state index in [2.05, 4.69) is 10.3 Å². The lowest BCUT2D eigenvalue weighted by molar-refractivity contribution is 0.233. The van der Waals surface area contributed by atoms with E-state index in [1.165, 1.54) is 19.3 Å². The van der Waals surface area contributed by atoms with Crippen molar-refractivity contribution in [3.8, 4) is 0 Å². The molecule has 0 spiro atoms. The molecule has 16 heavy (non-hydrogen) atoms. The summed E-state index contributed by atoms with van der Waals surface area (Å²) in [5, 5.41) is 3.08. The lowest BCUT2D eigenvalue weighted by Crippen LogP contribution is -2.39. The smallest absolute Gasteiger partial charge is 0.327 e. The first-order chi connectivity index (χ1) is 7.81. The molecule has 4 nitrogen and oxygen atoms in total. The third-order valence-corrected chi connectivity index (χ3v) is 3.19. The van der Waals surface area contributed by atoms with E-state index >= 15 is 0 Å². The van der Waals surface area contributed by atoms with Gasteiger partial charge in [0.15, 0.2) is 0 Å². The molecule has 1 heterocycles.